The van der Waals surface area contributed by atoms with Gasteiger partial charge in [0.2, 0.25) is 0 Å². The molecule has 0 atom stereocenters. The highest BCUT2D eigenvalue weighted by atomic mass is 14.1. The minimum absolute atomic E-state index is 1.23. The summed E-state index contributed by atoms with van der Waals surface area (Å²) in [6, 6.07) is 15.6. The van der Waals surface area contributed by atoms with Crippen LogP contribution in [0.2, 0.25) is 0 Å². The quantitative estimate of drug-likeness (QED) is 0.143. The van der Waals surface area contributed by atoms with Crippen LogP contribution in [0.25, 0.3) is 10.8 Å². The van der Waals surface area contributed by atoms with Crippen molar-refractivity contribution in [2.75, 3.05) is 0 Å². The molecule has 0 heteroatoms. The van der Waals surface area contributed by atoms with Gasteiger partial charge < -0.3 is 0 Å². The Hall–Kier alpha value is -1.56. The second-order valence-electron chi connectivity index (χ2n) is 9.74. The molecule has 2 aromatic rings. The molecular weight excluding hydrogens is 384 g/mol. The zero-order chi connectivity index (χ0) is 22.5. The van der Waals surface area contributed by atoms with Gasteiger partial charge in [0.25, 0.3) is 0 Å². The van der Waals surface area contributed by atoms with E-state index in [0.717, 1.165) is 0 Å². The van der Waals surface area contributed by atoms with E-state index in [4.69, 9.17) is 0 Å². The number of benzene rings is 2. The normalized spacial score (nSPS) is 11.7. The van der Waals surface area contributed by atoms with Crippen molar-refractivity contribution >= 4 is 10.8 Å². The average Bonchev–Trinajstić information content (AvgIpc) is 2.83. The molecule has 0 radical (unpaired) electrons. The molecule has 0 heterocycles. The van der Waals surface area contributed by atoms with Gasteiger partial charge in [-0.3, -0.25) is 0 Å². The van der Waals surface area contributed by atoms with Crippen molar-refractivity contribution in [3.63, 3.8) is 0 Å². The molecule has 32 heavy (non-hydrogen) atoms. The number of rotatable bonds is 20. The van der Waals surface area contributed by atoms with Crippen LogP contribution in [-0.2, 0) is 6.42 Å². The Morgan fingerprint density at radius 3 is 1.62 bits per heavy atom. The van der Waals surface area contributed by atoms with Crippen molar-refractivity contribution in [2.45, 2.75) is 129 Å². The Balaban J connectivity index is 1.32. The largest absolute Gasteiger partial charge is 0.0885 e. The lowest BCUT2D eigenvalue weighted by Crippen LogP contribution is -1.88. The Morgan fingerprint density at radius 1 is 0.500 bits per heavy atom. The molecule has 0 nitrogen and oxygen atoms in total. The molecule has 0 aliphatic rings. The summed E-state index contributed by atoms with van der Waals surface area (Å²) >= 11 is 0. The van der Waals surface area contributed by atoms with Crippen LogP contribution in [0.5, 0.6) is 0 Å². The van der Waals surface area contributed by atoms with E-state index in [9.17, 15) is 0 Å². The SMILES string of the molecule is CCCCCCC/C=C/CCCCCCCCCCCCCc1cccc2ccccc12. The van der Waals surface area contributed by atoms with Gasteiger partial charge in [-0.2, -0.15) is 0 Å². The van der Waals surface area contributed by atoms with Gasteiger partial charge >= 0.3 is 0 Å². The first-order chi connectivity index (χ1) is 15.9. The van der Waals surface area contributed by atoms with Gasteiger partial charge in [0, 0.05) is 0 Å². The second-order valence-corrected chi connectivity index (χ2v) is 9.74. The molecule has 178 valence electrons. The van der Waals surface area contributed by atoms with Gasteiger partial charge in [-0.15, -0.1) is 0 Å². The number of hydrogen-bond donors (Lipinski definition) is 0. The Kier molecular flexibility index (Phi) is 15.8. The fourth-order valence-electron chi connectivity index (χ4n) is 4.78. The minimum atomic E-state index is 1.23. The minimum Gasteiger partial charge on any atom is -0.0885 e. The molecule has 0 N–H and O–H groups in total. The Bertz CT molecular complexity index is 706. The van der Waals surface area contributed by atoms with Gasteiger partial charge in [0.1, 0.15) is 0 Å². The maximum absolute atomic E-state index is 2.43. The van der Waals surface area contributed by atoms with Crippen LogP contribution in [-0.4, -0.2) is 0 Å². The summed E-state index contributed by atoms with van der Waals surface area (Å²) < 4.78 is 0. The lowest BCUT2D eigenvalue weighted by atomic mass is 9.99. The van der Waals surface area contributed by atoms with Crippen LogP contribution in [0.1, 0.15) is 128 Å². The van der Waals surface area contributed by atoms with Crippen molar-refractivity contribution in [1.82, 2.24) is 0 Å². The lowest BCUT2D eigenvalue weighted by Gasteiger charge is -2.07. The Labute approximate surface area is 199 Å². The van der Waals surface area contributed by atoms with Gasteiger partial charge in [0.05, 0.1) is 0 Å². The fourth-order valence-corrected chi connectivity index (χ4v) is 4.78. The van der Waals surface area contributed by atoms with E-state index in [1.165, 1.54) is 138 Å². The molecule has 0 aliphatic carbocycles. The van der Waals surface area contributed by atoms with Crippen LogP contribution < -0.4 is 0 Å². The molecular formula is C32H50. The monoisotopic (exact) mass is 434 g/mol. The summed E-state index contributed by atoms with van der Waals surface area (Å²) in [5.41, 5.74) is 1.53. The molecule has 0 saturated heterocycles. The first-order valence-corrected chi connectivity index (χ1v) is 14.0. The summed E-state index contributed by atoms with van der Waals surface area (Å²) in [4.78, 5) is 0. The van der Waals surface area contributed by atoms with Crippen molar-refractivity contribution in [3.05, 3.63) is 60.2 Å². The van der Waals surface area contributed by atoms with Crippen molar-refractivity contribution in [3.8, 4) is 0 Å². The third-order valence-corrected chi connectivity index (χ3v) is 6.84. The molecule has 0 bridgehead atoms. The van der Waals surface area contributed by atoms with Gasteiger partial charge in [-0.05, 0) is 54.9 Å². The third-order valence-electron chi connectivity index (χ3n) is 6.84. The zero-order valence-electron chi connectivity index (χ0n) is 21.1. The van der Waals surface area contributed by atoms with E-state index in [-0.39, 0.29) is 0 Å². The molecule has 0 spiro atoms. The molecule has 0 saturated carbocycles. The molecule has 0 aromatic heterocycles. The number of allylic oxidation sites excluding steroid dienone is 2. The van der Waals surface area contributed by atoms with E-state index in [0.29, 0.717) is 0 Å². The summed E-state index contributed by atoms with van der Waals surface area (Å²) in [7, 11) is 0. The van der Waals surface area contributed by atoms with Crippen LogP contribution in [0.3, 0.4) is 0 Å². The molecule has 0 aliphatic heterocycles. The van der Waals surface area contributed by atoms with E-state index >= 15 is 0 Å². The highest BCUT2D eigenvalue weighted by Gasteiger charge is 2.00. The molecule has 2 rings (SSSR count). The molecule has 0 unspecified atom stereocenters. The summed E-state index contributed by atoms with van der Waals surface area (Å²) in [5.74, 6) is 0. The number of fused-ring (bicyclic) bond motifs is 1. The predicted molar refractivity (Wildman–Crippen MR) is 146 cm³/mol. The third kappa shape index (κ3) is 12.5. The van der Waals surface area contributed by atoms with E-state index < -0.39 is 0 Å². The first-order valence-electron chi connectivity index (χ1n) is 14.0. The van der Waals surface area contributed by atoms with E-state index in [2.05, 4.69) is 61.5 Å². The number of aryl methyl sites for hydroxylation is 1. The van der Waals surface area contributed by atoms with Gasteiger partial charge in [-0.1, -0.05) is 145 Å². The standard InChI is InChI=1S/C32H50/c1-2-3-4-5-6-7-8-9-10-11-12-13-14-15-16-17-18-19-20-21-25-30-27-24-28-31-26-22-23-29-32(30)31/h8-9,22-24,26-29H,2-7,10-21,25H2,1H3/b9-8+. The maximum Gasteiger partial charge on any atom is -0.0152 e. The van der Waals surface area contributed by atoms with Crippen molar-refractivity contribution in [1.29, 1.82) is 0 Å². The van der Waals surface area contributed by atoms with Crippen LogP contribution in [0.15, 0.2) is 54.6 Å². The lowest BCUT2D eigenvalue weighted by molar-refractivity contribution is 0.546. The average molecular weight is 435 g/mol. The predicted octanol–water partition coefficient (Wildman–Crippen LogP) is 11.0. The zero-order valence-corrected chi connectivity index (χ0v) is 21.1. The highest BCUT2D eigenvalue weighted by molar-refractivity contribution is 5.85. The number of unbranched alkanes of at least 4 members (excludes halogenated alkanes) is 16. The summed E-state index contributed by atoms with van der Waals surface area (Å²) in [5, 5.41) is 2.83. The van der Waals surface area contributed by atoms with Crippen LogP contribution in [0.4, 0.5) is 0 Å². The fraction of sp³-hybridized carbons (Fsp3) is 0.625. The number of hydrogen-bond acceptors (Lipinski definition) is 0. The molecule has 0 fully saturated rings. The summed E-state index contributed by atoms with van der Waals surface area (Å²) in [6.45, 7) is 2.29. The second kappa shape index (κ2) is 19.0. The van der Waals surface area contributed by atoms with Crippen molar-refractivity contribution in [2.24, 2.45) is 0 Å². The van der Waals surface area contributed by atoms with Gasteiger partial charge in [-0.25, -0.2) is 0 Å². The van der Waals surface area contributed by atoms with Crippen LogP contribution >= 0.6 is 0 Å². The molecule has 2 aromatic carbocycles. The smallest absolute Gasteiger partial charge is 0.0152 e. The van der Waals surface area contributed by atoms with Crippen LogP contribution in [0, 0.1) is 0 Å². The Morgan fingerprint density at radius 2 is 1.00 bits per heavy atom. The summed E-state index contributed by atoms with van der Waals surface area (Å²) in [6.07, 6.45) is 31.3. The van der Waals surface area contributed by atoms with E-state index in [1.54, 1.807) is 0 Å². The van der Waals surface area contributed by atoms with Gasteiger partial charge in [0.15, 0.2) is 0 Å². The topological polar surface area (TPSA) is 0 Å². The first kappa shape index (κ1) is 26.7. The van der Waals surface area contributed by atoms with E-state index in [1.807, 2.05) is 0 Å². The van der Waals surface area contributed by atoms with Crippen molar-refractivity contribution < 1.29 is 0 Å². The maximum atomic E-state index is 2.43. The molecule has 0 amide bonds. The highest BCUT2D eigenvalue weighted by Crippen LogP contribution is 2.21.